The summed E-state index contributed by atoms with van der Waals surface area (Å²) in [6.07, 6.45) is 5.38. The van der Waals surface area contributed by atoms with Crippen LogP contribution in [0.2, 0.25) is 0 Å². The van der Waals surface area contributed by atoms with Crippen LogP contribution in [0.3, 0.4) is 0 Å². The van der Waals surface area contributed by atoms with E-state index in [-0.39, 0.29) is 5.54 Å². The van der Waals surface area contributed by atoms with Gasteiger partial charge in [0.15, 0.2) is 0 Å². The second kappa shape index (κ2) is 4.40. The van der Waals surface area contributed by atoms with Crippen molar-refractivity contribution in [3.8, 4) is 0 Å². The maximum Gasteiger partial charge on any atom is 0.0495 e. The highest BCUT2D eigenvalue weighted by molar-refractivity contribution is 5.07. The summed E-state index contributed by atoms with van der Waals surface area (Å²) >= 11 is 0. The van der Waals surface area contributed by atoms with Gasteiger partial charge < -0.3 is 5.73 Å². The quantitative estimate of drug-likeness (QED) is 0.752. The zero-order valence-electron chi connectivity index (χ0n) is 10.2. The molecule has 2 aliphatic rings. The lowest BCUT2D eigenvalue weighted by atomic mass is 9.84. The van der Waals surface area contributed by atoms with E-state index in [0.717, 1.165) is 19.1 Å². The van der Waals surface area contributed by atoms with Crippen LogP contribution in [0.25, 0.3) is 0 Å². The summed E-state index contributed by atoms with van der Waals surface area (Å²) in [5.41, 5.74) is 6.36. The second-order valence-electron chi connectivity index (χ2n) is 5.12. The molecule has 3 nitrogen and oxygen atoms in total. The van der Waals surface area contributed by atoms with Crippen molar-refractivity contribution in [1.82, 2.24) is 9.80 Å². The van der Waals surface area contributed by atoms with Crippen LogP contribution in [-0.4, -0.2) is 54.6 Å². The predicted molar refractivity (Wildman–Crippen MR) is 63.9 cm³/mol. The van der Waals surface area contributed by atoms with Crippen molar-refractivity contribution in [3.63, 3.8) is 0 Å². The number of nitrogens with zero attached hydrogens (tertiary/aromatic N) is 2. The zero-order valence-corrected chi connectivity index (χ0v) is 10.2. The molecule has 2 unspecified atom stereocenters. The molecule has 0 bridgehead atoms. The van der Waals surface area contributed by atoms with Gasteiger partial charge in [0, 0.05) is 24.7 Å². The first kappa shape index (κ1) is 11.4. The van der Waals surface area contributed by atoms with Gasteiger partial charge in [0.1, 0.15) is 0 Å². The molecule has 2 fully saturated rings. The average molecular weight is 211 g/mol. The molecule has 2 atom stereocenters. The largest absolute Gasteiger partial charge is 0.329 e. The van der Waals surface area contributed by atoms with E-state index in [2.05, 4.69) is 23.8 Å². The lowest BCUT2D eigenvalue weighted by Gasteiger charge is -2.45. The van der Waals surface area contributed by atoms with E-state index in [1.807, 2.05) is 0 Å². The molecule has 2 N–H and O–H groups in total. The van der Waals surface area contributed by atoms with Gasteiger partial charge in [-0.3, -0.25) is 9.80 Å². The first-order valence-electron chi connectivity index (χ1n) is 6.40. The van der Waals surface area contributed by atoms with E-state index in [4.69, 9.17) is 5.73 Å². The second-order valence-corrected chi connectivity index (χ2v) is 5.12. The summed E-state index contributed by atoms with van der Waals surface area (Å²) in [4.78, 5) is 5.16. The van der Waals surface area contributed by atoms with E-state index in [9.17, 15) is 0 Å². The number of fused-ring (bicyclic) bond motifs is 1. The number of nitrogens with two attached hydrogens (primary N) is 1. The fourth-order valence-electron chi connectivity index (χ4n) is 3.53. The van der Waals surface area contributed by atoms with Gasteiger partial charge in [0.25, 0.3) is 0 Å². The summed E-state index contributed by atoms with van der Waals surface area (Å²) in [5, 5.41) is 0. The van der Waals surface area contributed by atoms with Crippen molar-refractivity contribution in [2.75, 3.05) is 33.2 Å². The highest BCUT2D eigenvalue weighted by atomic mass is 15.3. The molecule has 88 valence electrons. The van der Waals surface area contributed by atoms with Gasteiger partial charge in [-0.2, -0.15) is 0 Å². The molecule has 0 saturated carbocycles. The molecule has 2 saturated heterocycles. The highest BCUT2D eigenvalue weighted by Gasteiger charge is 2.48. The minimum absolute atomic E-state index is 0.273. The van der Waals surface area contributed by atoms with Gasteiger partial charge in [-0.05, 0) is 39.4 Å². The molecule has 2 aliphatic heterocycles. The Balaban J connectivity index is 2.18. The van der Waals surface area contributed by atoms with Gasteiger partial charge in [-0.15, -0.1) is 0 Å². The van der Waals surface area contributed by atoms with Gasteiger partial charge in [0.05, 0.1) is 0 Å². The molecule has 0 amide bonds. The Morgan fingerprint density at radius 3 is 2.87 bits per heavy atom. The fourth-order valence-corrected chi connectivity index (χ4v) is 3.53. The van der Waals surface area contributed by atoms with Gasteiger partial charge in [-0.1, -0.05) is 13.3 Å². The summed E-state index contributed by atoms with van der Waals surface area (Å²) < 4.78 is 0. The first-order chi connectivity index (χ1) is 7.24. The van der Waals surface area contributed by atoms with E-state index >= 15 is 0 Å². The SMILES string of the molecule is CCN(C)C1(CN)CCN2CCCCC21. The molecule has 2 rings (SSSR count). The third-order valence-electron chi connectivity index (χ3n) is 4.65. The third kappa shape index (κ3) is 1.71. The Bertz CT molecular complexity index is 219. The lowest BCUT2D eigenvalue weighted by molar-refractivity contribution is 0.0600. The van der Waals surface area contributed by atoms with Crippen LogP contribution in [0, 0.1) is 0 Å². The zero-order chi connectivity index (χ0) is 10.9. The molecule has 0 spiro atoms. The summed E-state index contributed by atoms with van der Waals surface area (Å²) in [5.74, 6) is 0. The van der Waals surface area contributed by atoms with Gasteiger partial charge in [-0.25, -0.2) is 0 Å². The molecule has 3 heteroatoms. The number of piperidine rings is 1. The third-order valence-corrected chi connectivity index (χ3v) is 4.65. The van der Waals surface area contributed by atoms with Gasteiger partial charge >= 0.3 is 0 Å². The maximum atomic E-state index is 6.08. The molecule has 0 aromatic carbocycles. The van der Waals surface area contributed by atoms with Crippen LogP contribution in [0.15, 0.2) is 0 Å². The molecular weight excluding hydrogens is 186 g/mol. The predicted octanol–water partition coefficient (Wildman–Crippen LogP) is 0.894. The maximum absolute atomic E-state index is 6.08. The van der Waals surface area contributed by atoms with Gasteiger partial charge in [0.2, 0.25) is 0 Å². The summed E-state index contributed by atoms with van der Waals surface area (Å²) in [6, 6.07) is 0.723. The average Bonchev–Trinajstić information content (AvgIpc) is 2.68. The van der Waals surface area contributed by atoms with Crippen LogP contribution in [-0.2, 0) is 0 Å². The highest BCUT2D eigenvalue weighted by Crippen LogP contribution is 2.37. The minimum Gasteiger partial charge on any atom is -0.329 e. The minimum atomic E-state index is 0.273. The first-order valence-corrected chi connectivity index (χ1v) is 6.40. The summed E-state index contributed by atoms with van der Waals surface area (Å²) in [6.45, 7) is 6.72. The number of rotatable bonds is 3. The Morgan fingerprint density at radius 2 is 2.20 bits per heavy atom. The van der Waals surface area contributed by atoms with Crippen LogP contribution < -0.4 is 5.73 Å². The lowest BCUT2D eigenvalue weighted by Crippen LogP contribution is -2.60. The Labute approximate surface area is 93.6 Å². The van der Waals surface area contributed by atoms with Crippen LogP contribution in [0.5, 0.6) is 0 Å². The van der Waals surface area contributed by atoms with Crippen molar-refractivity contribution >= 4 is 0 Å². The molecule has 2 heterocycles. The number of hydrogen-bond donors (Lipinski definition) is 1. The molecule has 0 aliphatic carbocycles. The van der Waals surface area contributed by atoms with Crippen LogP contribution >= 0.6 is 0 Å². The monoisotopic (exact) mass is 211 g/mol. The molecule has 15 heavy (non-hydrogen) atoms. The smallest absolute Gasteiger partial charge is 0.0495 e. The van der Waals surface area contributed by atoms with Crippen molar-refractivity contribution in [1.29, 1.82) is 0 Å². The molecule has 0 aromatic heterocycles. The Hall–Kier alpha value is -0.120. The Morgan fingerprint density at radius 1 is 1.40 bits per heavy atom. The normalized spacial score (nSPS) is 37.2. The number of hydrogen-bond acceptors (Lipinski definition) is 3. The standard InChI is InChI=1S/C12H25N3/c1-3-14(2)12(10-13)7-9-15-8-5-4-6-11(12)15/h11H,3-10,13H2,1-2H3. The molecule has 0 aromatic rings. The molecule has 0 radical (unpaired) electrons. The van der Waals surface area contributed by atoms with Crippen molar-refractivity contribution < 1.29 is 0 Å². The summed E-state index contributed by atoms with van der Waals surface area (Å²) in [7, 11) is 2.24. The van der Waals surface area contributed by atoms with E-state index < -0.39 is 0 Å². The van der Waals surface area contributed by atoms with Crippen molar-refractivity contribution in [3.05, 3.63) is 0 Å². The fraction of sp³-hybridized carbons (Fsp3) is 1.00. The van der Waals surface area contributed by atoms with Crippen LogP contribution in [0.4, 0.5) is 0 Å². The van der Waals surface area contributed by atoms with Crippen LogP contribution in [0.1, 0.15) is 32.6 Å². The van der Waals surface area contributed by atoms with Crippen molar-refractivity contribution in [2.45, 2.75) is 44.2 Å². The van der Waals surface area contributed by atoms with E-state index in [0.29, 0.717) is 0 Å². The number of likely N-dealkylation sites (N-methyl/N-ethyl adjacent to an activating group) is 1. The Kier molecular flexibility index (Phi) is 3.33. The topological polar surface area (TPSA) is 32.5 Å². The van der Waals surface area contributed by atoms with E-state index in [1.165, 1.54) is 38.8 Å². The van der Waals surface area contributed by atoms with E-state index in [1.54, 1.807) is 0 Å². The van der Waals surface area contributed by atoms with Crippen molar-refractivity contribution in [2.24, 2.45) is 5.73 Å². The molecular formula is C12H25N3.